The first-order valence-electron chi connectivity index (χ1n) is 10.6. The van der Waals surface area contributed by atoms with E-state index in [1.807, 2.05) is 18.2 Å². The number of methoxy groups -OCH3 is 2. The van der Waals surface area contributed by atoms with Gasteiger partial charge in [0.2, 0.25) is 0 Å². The van der Waals surface area contributed by atoms with Crippen molar-refractivity contribution in [3.63, 3.8) is 0 Å². The van der Waals surface area contributed by atoms with Crippen LogP contribution in [0.1, 0.15) is 24.0 Å². The van der Waals surface area contributed by atoms with Gasteiger partial charge in [-0.05, 0) is 36.1 Å². The number of carboxylic acids is 2. The lowest BCUT2D eigenvalue weighted by molar-refractivity contribution is -0.148. The summed E-state index contributed by atoms with van der Waals surface area (Å²) in [6.45, 7) is 0.281. The number of nitrogens with zero attached hydrogens (tertiary/aromatic N) is 1. The molecular formula is C23H26N2O9S. The van der Waals surface area contributed by atoms with E-state index in [4.69, 9.17) is 14.6 Å². The Hall–Kier alpha value is -3.64. The van der Waals surface area contributed by atoms with Crippen molar-refractivity contribution >= 4 is 27.9 Å². The largest absolute Gasteiger partial charge is 0.493 e. The average molecular weight is 507 g/mol. The normalized spacial score (nSPS) is 16.0. The minimum atomic E-state index is -4.74. The third-order valence-corrected chi connectivity index (χ3v) is 7.51. The Kier molecular flexibility index (Phi) is 7.97. The van der Waals surface area contributed by atoms with Crippen LogP contribution < -0.4 is 14.8 Å². The molecule has 11 nitrogen and oxygen atoms in total. The van der Waals surface area contributed by atoms with Crippen molar-refractivity contribution in [2.45, 2.75) is 42.8 Å². The molecule has 0 saturated heterocycles. The minimum Gasteiger partial charge on any atom is -0.493 e. The molecule has 188 valence electrons. The van der Waals surface area contributed by atoms with Crippen LogP contribution in [-0.4, -0.2) is 67.1 Å². The quantitative estimate of drug-likeness (QED) is 0.428. The van der Waals surface area contributed by atoms with Crippen molar-refractivity contribution in [1.82, 2.24) is 9.62 Å². The number of carbonyl (C=O) groups is 3. The molecule has 0 spiro atoms. The van der Waals surface area contributed by atoms with Crippen molar-refractivity contribution in [3.8, 4) is 11.5 Å². The molecule has 1 amide bonds. The number of ether oxygens (including phenoxy) is 2. The van der Waals surface area contributed by atoms with Gasteiger partial charge in [0.1, 0.15) is 6.04 Å². The highest BCUT2D eigenvalue weighted by molar-refractivity contribution is 7.89. The maximum Gasteiger partial charge on any atom is 0.327 e. The van der Waals surface area contributed by atoms with Gasteiger partial charge in [0.05, 0.1) is 25.2 Å². The van der Waals surface area contributed by atoms with E-state index in [1.54, 1.807) is 6.07 Å². The SMILES string of the molecule is COc1ccc(S(=O)(=O)N(C(=O)[C@@H]2Cc3ccccc3CN2)[C@@H](CCC(=O)O)C(=O)O)cc1OC. The highest BCUT2D eigenvalue weighted by atomic mass is 32.2. The number of rotatable bonds is 10. The van der Waals surface area contributed by atoms with Crippen LogP contribution in [0.5, 0.6) is 11.5 Å². The predicted octanol–water partition coefficient (Wildman–Crippen LogP) is 1.25. The van der Waals surface area contributed by atoms with Crippen LogP contribution in [0.4, 0.5) is 0 Å². The van der Waals surface area contributed by atoms with E-state index >= 15 is 0 Å². The molecule has 3 rings (SSSR count). The van der Waals surface area contributed by atoms with Gasteiger partial charge in [0.15, 0.2) is 11.5 Å². The number of benzene rings is 2. The lowest BCUT2D eigenvalue weighted by Gasteiger charge is -2.33. The van der Waals surface area contributed by atoms with Crippen molar-refractivity contribution in [2.75, 3.05) is 14.2 Å². The molecule has 0 fully saturated rings. The third kappa shape index (κ3) is 5.54. The first kappa shape index (κ1) is 26.0. The van der Waals surface area contributed by atoms with Crippen molar-refractivity contribution in [2.24, 2.45) is 0 Å². The van der Waals surface area contributed by atoms with Gasteiger partial charge in [-0.25, -0.2) is 17.5 Å². The van der Waals surface area contributed by atoms with Crippen molar-refractivity contribution in [1.29, 1.82) is 0 Å². The summed E-state index contributed by atoms with van der Waals surface area (Å²) in [7, 11) is -2.08. The van der Waals surface area contributed by atoms with Gasteiger partial charge >= 0.3 is 11.9 Å². The van der Waals surface area contributed by atoms with Crippen molar-refractivity contribution < 1.29 is 42.5 Å². The fourth-order valence-corrected chi connectivity index (χ4v) is 5.53. The van der Waals surface area contributed by atoms with E-state index in [2.05, 4.69) is 5.32 Å². The zero-order chi connectivity index (χ0) is 25.8. The fourth-order valence-electron chi connectivity index (χ4n) is 3.91. The smallest absolute Gasteiger partial charge is 0.327 e. The van der Waals surface area contributed by atoms with E-state index < -0.39 is 57.7 Å². The zero-order valence-electron chi connectivity index (χ0n) is 19.1. The Morgan fingerprint density at radius 1 is 1.06 bits per heavy atom. The molecule has 0 radical (unpaired) electrons. The number of fused-ring (bicyclic) bond motifs is 1. The first-order valence-corrected chi connectivity index (χ1v) is 12.1. The van der Waals surface area contributed by atoms with Crippen LogP contribution in [0.25, 0.3) is 0 Å². The maximum absolute atomic E-state index is 13.7. The van der Waals surface area contributed by atoms with Gasteiger partial charge in [-0.15, -0.1) is 0 Å². The molecule has 0 bridgehead atoms. The Balaban J connectivity index is 2.08. The van der Waals surface area contributed by atoms with E-state index in [1.165, 1.54) is 20.3 Å². The summed E-state index contributed by atoms with van der Waals surface area (Å²) in [5, 5.41) is 21.9. The summed E-state index contributed by atoms with van der Waals surface area (Å²) in [5.41, 5.74) is 1.76. The molecule has 0 saturated carbocycles. The Morgan fingerprint density at radius 2 is 1.71 bits per heavy atom. The number of amides is 1. The van der Waals surface area contributed by atoms with Gasteiger partial charge in [0.25, 0.3) is 15.9 Å². The lowest BCUT2D eigenvalue weighted by atomic mass is 9.95. The Morgan fingerprint density at radius 3 is 2.31 bits per heavy atom. The van der Waals surface area contributed by atoms with E-state index in [0.29, 0.717) is 0 Å². The summed E-state index contributed by atoms with van der Waals surface area (Å²) in [6, 6.07) is 7.93. The van der Waals surface area contributed by atoms with Gasteiger partial charge in [-0.2, -0.15) is 0 Å². The van der Waals surface area contributed by atoms with E-state index in [9.17, 15) is 27.9 Å². The van der Waals surface area contributed by atoms with Gasteiger partial charge < -0.3 is 25.0 Å². The summed E-state index contributed by atoms with van der Waals surface area (Å²) >= 11 is 0. The standard InChI is InChI=1S/C23H26N2O9S/c1-33-19-9-7-16(12-20(19)34-2)35(31,32)25(18(23(29)30)8-10-21(26)27)22(28)17-11-14-5-3-4-6-15(14)13-24-17/h3-7,9,12,17-18,24H,8,10-11,13H2,1-2H3,(H,26,27)(H,29,30)/t17-,18-/m0/s1. The average Bonchev–Trinajstić information content (AvgIpc) is 2.84. The zero-order valence-corrected chi connectivity index (χ0v) is 19.9. The number of aliphatic carboxylic acids is 2. The van der Waals surface area contributed by atoms with E-state index in [-0.39, 0.29) is 28.8 Å². The molecule has 2 aromatic rings. The Labute approximate surface area is 202 Å². The topological polar surface area (TPSA) is 160 Å². The minimum absolute atomic E-state index is 0.0584. The number of hydrogen-bond acceptors (Lipinski definition) is 8. The van der Waals surface area contributed by atoms with Crippen LogP contribution in [0.3, 0.4) is 0 Å². The van der Waals surface area contributed by atoms with Gasteiger partial charge in [0, 0.05) is 19.0 Å². The molecule has 0 aromatic heterocycles. The maximum atomic E-state index is 13.7. The molecule has 1 heterocycles. The summed E-state index contributed by atoms with van der Waals surface area (Å²) < 4.78 is 37.9. The molecule has 1 aliphatic rings. The van der Waals surface area contributed by atoms with Gasteiger partial charge in [-0.1, -0.05) is 24.3 Å². The number of hydrogen-bond donors (Lipinski definition) is 3. The second-order valence-electron chi connectivity index (χ2n) is 7.85. The fraction of sp³-hybridized carbons (Fsp3) is 0.348. The van der Waals surface area contributed by atoms with Gasteiger partial charge in [-0.3, -0.25) is 9.59 Å². The monoisotopic (exact) mass is 506 g/mol. The molecule has 2 aromatic carbocycles. The number of carbonyl (C=O) groups excluding carboxylic acids is 1. The second-order valence-corrected chi connectivity index (χ2v) is 9.66. The molecular weight excluding hydrogens is 480 g/mol. The molecule has 12 heteroatoms. The summed E-state index contributed by atoms with van der Waals surface area (Å²) in [4.78, 5) is 36.5. The predicted molar refractivity (Wildman–Crippen MR) is 123 cm³/mol. The molecule has 3 N–H and O–H groups in total. The molecule has 0 aliphatic carbocycles. The van der Waals surface area contributed by atoms with E-state index in [0.717, 1.165) is 23.3 Å². The lowest BCUT2D eigenvalue weighted by Crippen LogP contribution is -2.56. The Bertz CT molecular complexity index is 1230. The van der Waals surface area contributed by atoms with Crippen LogP contribution in [0.15, 0.2) is 47.4 Å². The van der Waals surface area contributed by atoms with Crippen LogP contribution in [0, 0.1) is 0 Å². The third-order valence-electron chi connectivity index (χ3n) is 5.71. The van der Waals surface area contributed by atoms with Crippen LogP contribution in [-0.2, 0) is 37.4 Å². The molecule has 2 atom stereocenters. The summed E-state index contributed by atoms with van der Waals surface area (Å²) in [5.74, 6) is -3.66. The first-order chi connectivity index (χ1) is 16.6. The number of carboxylic acid groups (broad SMARTS) is 2. The number of sulfonamides is 1. The number of nitrogens with one attached hydrogen (secondary N) is 1. The molecule has 35 heavy (non-hydrogen) atoms. The molecule has 0 unspecified atom stereocenters. The molecule has 1 aliphatic heterocycles. The highest BCUT2D eigenvalue weighted by Gasteiger charge is 2.43. The second kappa shape index (κ2) is 10.7. The highest BCUT2D eigenvalue weighted by Crippen LogP contribution is 2.32. The van der Waals surface area contributed by atoms with Crippen LogP contribution >= 0.6 is 0 Å². The van der Waals surface area contributed by atoms with Crippen molar-refractivity contribution in [3.05, 3.63) is 53.6 Å². The summed E-state index contributed by atoms with van der Waals surface area (Å²) in [6.07, 6.45) is -1.12. The van der Waals surface area contributed by atoms with Crippen LogP contribution in [0.2, 0.25) is 0 Å².